The fraction of sp³-hybridized carbons (Fsp3) is 0.500. The summed E-state index contributed by atoms with van der Waals surface area (Å²) in [4.78, 5) is 26.5. The summed E-state index contributed by atoms with van der Waals surface area (Å²) in [5.74, 6) is -0.643. The molecule has 0 aliphatic carbocycles. The van der Waals surface area contributed by atoms with E-state index in [1.54, 1.807) is 0 Å². The lowest BCUT2D eigenvalue weighted by atomic mass is 10.5. The zero-order chi connectivity index (χ0) is 11.7. The molecule has 7 heteroatoms. The maximum absolute atomic E-state index is 11.1. The van der Waals surface area contributed by atoms with E-state index < -0.39 is 18.2 Å². The fourth-order valence-corrected chi connectivity index (χ4v) is 0.669. The van der Waals surface area contributed by atoms with Gasteiger partial charge in [-0.2, -0.15) is 0 Å². The molecule has 0 heterocycles. The van der Waals surface area contributed by atoms with Crippen molar-refractivity contribution >= 4 is 12.0 Å². The summed E-state index contributed by atoms with van der Waals surface area (Å²) >= 11 is 0. The van der Waals surface area contributed by atoms with Crippen molar-refractivity contribution in [2.75, 3.05) is 20.8 Å². The lowest BCUT2D eigenvalue weighted by Crippen LogP contribution is -2.47. The number of hydrogen-bond acceptors (Lipinski definition) is 5. The molecule has 0 aromatic heterocycles. The fourth-order valence-electron chi connectivity index (χ4n) is 0.669. The zero-order valence-electron chi connectivity index (χ0n) is 8.61. The number of rotatable bonds is 6. The Morgan fingerprint density at radius 2 is 2.13 bits per heavy atom. The summed E-state index contributed by atoms with van der Waals surface area (Å²) < 4.78 is 9.27. The van der Waals surface area contributed by atoms with E-state index >= 15 is 0 Å². The molecular formula is C8H14N2O5. The van der Waals surface area contributed by atoms with Crippen LogP contribution in [-0.2, 0) is 19.1 Å². The summed E-state index contributed by atoms with van der Waals surface area (Å²) in [6, 6.07) is 0. The SMILES string of the molecule is C=CCOC(=O)NC(OC)C(=O)NOC. The first-order chi connectivity index (χ1) is 7.15. The largest absolute Gasteiger partial charge is 0.445 e. The van der Waals surface area contributed by atoms with Crippen molar-refractivity contribution in [2.24, 2.45) is 0 Å². The highest BCUT2D eigenvalue weighted by Gasteiger charge is 2.20. The van der Waals surface area contributed by atoms with Gasteiger partial charge in [-0.25, -0.2) is 10.3 Å². The van der Waals surface area contributed by atoms with E-state index in [-0.39, 0.29) is 6.61 Å². The summed E-state index contributed by atoms with van der Waals surface area (Å²) in [5, 5.41) is 2.16. The van der Waals surface area contributed by atoms with Gasteiger partial charge in [0.05, 0.1) is 7.11 Å². The van der Waals surface area contributed by atoms with Crippen LogP contribution < -0.4 is 10.8 Å². The number of methoxy groups -OCH3 is 1. The molecule has 0 aromatic carbocycles. The second-order valence-electron chi connectivity index (χ2n) is 2.32. The van der Waals surface area contributed by atoms with Crippen LogP contribution in [-0.4, -0.2) is 39.1 Å². The minimum Gasteiger partial charge on any atom is -0.445 e. The van der Waals surface area contributed by atoms with Gasteiger partial charge in [-0.05, 0) is 0 Å². The van der Waals surface area contributed by atoms with Crippen molar-refractivity contribution in [3.8, 4) is 0 Å². The zero-order valence-corrected chi connectivity index (χ0v) is 8.61. The van der Waals surface area contributed by atoms with Gasteiger partial charge in [-0.1, -0.05) is 12.7 Å². The smallest absolute Gasteiger partial charge is 0.409 e. The molecule has 0 radical (unpaired) electrons. The second kappa shape index (κ2) is 7.77. The first-order valence-corrected chi connectivity index (χ1v) is 4.05. The maximum atomic E-state index is 11.1. The van der Waals surface area contributed by atoms with Crippen LogP contribution in [0, 0.1) is 0 Å². The summed E-state index contributed by atoms with van der Waals surface area (Å²) in [5.41, 5.74) is 2.00. The van der Waals surface area contributed by atoms with E-state index in [0.29, 0.717) is 0 Å². The molecular weight excluding hydrogens is 204 g/mol. The lowest BCUT2D eigenvalue weighted by Gasteiger charge is -2.15. The summed E-state index contributed by atoms with van der Waals surface area (Å²) in [7, 11) is 2.52. The Balaban J connectivity index is 4.02. The van der Waals surface area contributed by atoms with E-state index in [0.717, 1.165) is 0 Å². The van der Waals surface area contributed by atoms with E-state index in [1.165, 1.54) is 20.3 Å². The number of nitrogens with one attached hydrogen (secondary N) is 2. The Hall–Kier alpha value is -1.60. The topological polar surface area (TPSA) is 85.9 Å². The number of hydroxylamine groups is 1. The number of carbonyl (C=O) groups is 2. The van der Waals surface area contributed by atoms with Crippen LogP contribution in [0.5, 0.6) is 0 Å². The van der Waals surface area contributed by atoms with Gasteiger partial charge in [0.2, 0.25) is 6.23 Å². The molecule has 2 N–H and O–H groups in total. The second-order valence-corrected chi connectivity index (χ2v) is 2.32. The molecule has 0 saturated heterocycles. The maximum Gasteiger partial charge on any atom is 0.409 e. The summed E-state index contributed by atoms with van der Waals surface area (Å²) in [6.07, 6.45) is -0.549. The average Bonchev–Trinajstić information content (AvgIpc) is 2.23. The highest BCUT2D eigenvalue weighted by molar-refractivity contribution is 5.83. The lowest BCUT2D eigenvalue weighted by molar-refractivity contribution is -0.143. The third-order valence-electron chi connectivity index (χ3n) is 1.26. The molecule has 1 unspecified atom stereocenters. The average molecular weight is 218 g/mol. The Labute approximate surface area is 87.3 Å². The van der Waals surface area contributed by atoms with E-state index in [1.807, 2.05) is 5.48 Å². The van der Waals surface area contributed by atoms with Crippen molar-refractivity contribution in [1.29, 1.82) is 0 Å². The quantitative estimate of drug-likeness (QED) is 0.358. The van der Waals surface area contributed by atoms with Crippen LogP contribution in [0.1, 0.15) is 0 Å². The van der Waals surface area contributed by atoms with Crippen molar-refractivity contribution in [1.82, 2.24) is 10.8 Å². The molecule has 0 saturated carbocycles. The molecule has 0 rings (SSSR count). The standard InChI is InChI=1S/C8H14N2O5/c1-4-5-15-8(12)9-7(13-2)6(11)10-14-3/h4,7H,1,5H2,2-3H3,(H,9,12)(H,10,11). The van der Waals surface area contributed by atoms with Crippen LogP contribution >= 0.6 is 0 Å². The molecule has 0 aromatic rings. The van der Waals surface area contributed by atoms with Crippen molar-refractivity contribution in [3.05, 3.63) is 12.7 Å². The molecule has 0 aliphatic heterocycles. The van der Waals surface area contributed by atoms with Crippen molar-refractivity contribution in [3.63, 3.8) is 0 Å². The van der Waals surface area contributed by atoms with Gasteiger partial charge in [-0.3, -0.25) is 14.9 Å². The van der Waals surface area contributed by atoms with Gasteiger partial charge in [0.1, 0.15) is 6.61 Å². The monoisotopic (exact) mass is 218 g/mol. The van der Waals surface area contributed by atoms with Gasteiger partial charge in [0.25, 0.3) is 5.91 Å². The molecule has 1 atom stereocenters. The molecule has 7 nitrogen and oxygen atoms in total. The minimum absolute atomic E-state index is 0.0498. The Morgan fingerprint density at radius 1 is 1.47 bits per heavy atom. The number of hydrogen-bond donors (Lipinski definition) is 2. The predicted octanol–water partition coefficient (Wildman–Crippen LogP) is -0.451. The predicted molar refractivity (Wildman–Crippen MR) is 50.6 cm³/mol. The molecule has 0 spiro atoms. The Kier molecular flexibility index (Phi) is 6.94. The molecule has 0 fully saturated rings. The Morgan fingerprint density at radius 3 is 2.60 bits per heavy atom. The van der Waals surface area contributed by atoms with Gasteiger partial charge < -0.3 is 9.47 Å². The van der Waals surface area contributed by atoms with Gasteiger partial charge >= 0.3 is 6.09 Å². The summed E-state index contributed by atoms with van der Waals surface area (Å²) in [6.45, 7) is 3.41. The van der Waals surface area contributed by atoms with E-state index in [9.17, 15) is 9.59 Å². The number of ether oxygens (including phenoxy) is 2. The molecule has 2 amide bonds. The van der Waals surface area contributed by atoms with Crippen LogP contribution in [0.3, 0.4) is 0 Å². The highest BCUT2D eigenvalue weighted by Crippen LogP contribution is 1.88. The van der Waals surface area contributed by atoms with E-state index in [4.69, 9.17) is 0 Å². The van der Waals surface area contributed by atoms with Gasteiger partial charge in [-0.15, -0.1) is 0 Å². The number of carbonyl (C=O) groups excluding carboxylic acids is 2. The van der Waals surface area contributed by atoms with Crippen LogP contribution in [0.2, 0.25) is 0 Å². The number of alkyl carbamates (subject to hydrolysis) is 1. The number of amides is 2. The van der Waals surface area contributed by atoms with Crippen molar-refractivity contribution < 1.29 is 23.9 Å². The van der Waals surface area contributed by atoms with Gasteiger partial charge in [0, 0.05) is 7.11 Å². The highest BCUT2D eigenvalue weighted by atomic mass is 16.6. The minimum atomic E-state index is -1.16. The first kappa shape index (κ1) is 13.4. The van der Waals surface area contributed by atoms with Crippen LogP contribution in [0.4, 0.5) is 4.79 Å². The Bertz CT molecular complexity index is 231. The normalized spacial score (nSPS) is 11.3. The van der Waals surface area contributed by atoms with E-state index in [2.05, 4.69) is 26.2 Å². The molecule has 15 heavy (non-hydrogen) atoms. The van der Waals surface area contributed by atoms with Gasteiger partial charge in [0.15, 0.2) is 0 Å². The van der Waals surface area contributed by atoms with Crippen LogP contribution in [0.25, 0.3) is 0 Å². The third kappa shape index (κ3) is 5.66. The molecule has 0 aliphatic rings. The molecule has 86 valence electrons. The first-order valence-electron chi connectivity index (χ1n) is 4.05. The van der Waals surface area contributed by atoms with Crippen LogP contribution in [0.15, 0.2) is 12.7 Å². The molecule has 0 bridgehead atoms. The van der Waals surface area contributed by atoms with Crippen molar-refractivity contribution in [2.45, 2.75) is 6.23 Å². The third-order valence-corrected chi connectivity index (χ3v) is 1.26.